The fourth-order valence-corrected chi connectivity index (χ4v) is 6.68. The first-order valence-corrected chi connectivity index (χ1v) is 15.6. The number of non-ortho nitro benzene ring substituents is 2. The number of phenolic OH excluding ortho intramolecular Hbond substituents is 2. The summed E-state index contributed by atoms with van der Waals surface area (Å²) >= 11 is 0. The highest BCUT2D eigenvalue weighted by atomic mass is 16.6. The molecular weight excluding hydrogens is 592 g/mol. The van der Waals surface area contributed by atoms with Crippen molar-refractivity contribution in [3.63, 3.8) is 0 Å². The van der Waals surface area contributed by atoms with Gasteiger partial charge in [0, 0.05) is 66.4 Å². The van der Waals surface area contributed by atoms with Crippen molar-refractivity contribution in [2.24, 2.45) is 17.8 Å². The zero-order valence-electron chi connectivity index (χ0n) is 26.3. The molecular formula is C34H40N4O8. The third-order valence-electron chi connectivity index (χ3n) is 9.28. The summed E-state index contributed by atoms with van der Waals surface area (Å²) in [5, 5.41) is 44.0. The van der Waals surface area contributed by atoms with Crippen LogP contribution in [0.4, 0.5) is 22.7 Å². The minimum absolute atomic E-state index is 0.00173. The molecule has 1 aliphatic carbocycles. The number of aromatic hydroxyl groups is 2. The van der Waals surface area contributed by atoms with Gasteiger partial charge in [0.15, 0.2) is 0 Å². The number of rotatable bonds is 11. The van der Waals surface area contributed by atoms with E-state index >= 15 is 0 Å². The molecule has 12 heteroatoms. The lowest BCUT2D eigenvalue weighted by atomic mass is 9.75. The maximum Gasteiger partial charge on any atom is 0.270 e. The molecule has 1 heterocycles. The number of phenols is 2. The van der Waals surface area contributed by atoms with E-state index in [0.29, 0.717) is 36.4 Å². The predicted octanol–water partition coefficient (Wildman–Crippen LogP) is 6.49. The standard InChI is InChI=1S/C34H40N4O8/c1-21(2)29-8-4-22(3)14-33(29)46-20-34(41)36-13-12-23-15-26(5-9-30(23)36)35(18-24-16-27(37(42)43)6-10-31(24)39)19-25-17-28(38(44)45)7-11-32(25)40/h5-7,9-11,15-17,21-22,29,33,39-40H,4,8,12-14,18-20H2,1-3H3. The lowest BCUT2D eigenvalue weighted by Gasteiger charge is -2.37. The molecule has 3 unspecified atom stereocenters. The summed E-state index contributed by atoms with van der Waals surface area (Å²) in [6.45, 7) is 7.14. The van der Waals surface area contributed by atoms with Crippen LogP contribution in [0.3, 0.4) is 0 Å². The fraction of sp³-hybridized carbons (Fsp3) is 0.441. The molecule has 3 aromatic rings. The number of ether oxygens (including phenoxy) is 1. The van der Waals surface area contributed by atoms with E-state index in [-0.39, 0.29) is 65.7 Å². The molecule has 1 aliphatic heterocycles. The molecule has 244 valence electrons. The summed E-state index contributed by atoms with van der Waals surface area (Å²) < 4.78 is 6.24. The second-order valence-electron chi connectivity index (χ2n) is 12.8. The quantitative estimate of drug-likeness (QED) is 0.178. The van der Waals surface area contributed by atoms with Gasteiger partial charge in [0.1, 0.15) is 18.1 Å². The number of hydrogen-bond acceptors (Lipinski definition) is 9. The zero-order chi connectivity index (χ0) is 33.1. The SMILES string of the molecule is CC1CCC(C(C)C)C(OCC(=O)N2CCc3cc(N(Cc4cc([N+](=O)[O-])ccc4O)Cc4cc([N+](=O)[O-])ccc4O)ccc32)C1. The lowest BCUT2D eigenvalue weighted by Crippen LogP contribution is -2.39. The number of amides is 1. The molecule has 2 N–H and O–H groups in total. The Labute approximate surface area is 267 Å². The smallest absolute Gasteiger partial charge is 0.270 e. The Hall–Kier alpha value is -4.71. The summed E-state index contributed by atoms with van der Waals surface area (Å²) in [6, 6.07) is 13.0. The number of nitro benzene ring substituents is 2. The molecule has 46 heavy (non-hydrogen) atoms. The molecule has 3 atom stereocenters. The third kappa shape index (κ3) is 7.23. The number of fused-ring (bicyclic) bond motifs is 1. The van der Waals surface area contributed by atoms with E-state index in [1.54, 1.807) is 15.9 Å². The summed E-state index contributed by atoms with van der Waals surface area (Å²) in [4.78, 5) is 38.7. The van der Waals surface area contributed by atoms with Gasteiger partial charge in [-0.25, -0.2) is 0 Å². The van der Waals surface area contributed by atoms with Crippen LogP contribution in [-0.2, 0) is 29.0 Å². The fourth-order valence-electron chi connectivity index (χ4n) is 6.68. The van der Waals surface area contributed by atoms with Crippen LogP contribution in [0, 0.1) is 38.0 Å². The number of benzene rings is 3. The van der Waals surface area contributed by atoms with Crippen molar-refractivity contribution in [2.45, 2.75) is 65.6 Å². The van der Waals surface area contributed by atoms with Gasteiger partial charge in [-0.05, 0) is 72.9 Å². The molecule has 0 radical (unpaired) electrons. The van der Waals surface area contributed by atoms with E-state index in [2.05, 4.69) is 20.8 Å². The van der Waals surface area contributed by atoms with Crippen LogP contribution < -0.4 is 9.80 Å². The van der Waals surface area contributed by atoms with E-state index < -0.39 is 9.85 Å². The van der Waals surface area contributed by atoms with Crippen molar-refractivity contribution < 1.29 is 29.6 Å². The molecule has 0 saturated heterocycles. The van der Waals surface area contributed by atoms with Crippen LogP contribution in [0.2, 0.25) is 0 Å². The van der Waals surface area contributed by atoms with Crippen LogP contribution in [0.15, 0.2) is 54.6 Å². The van der Waals surface area contributed by atoms with Crippen molar-refractivity contribution in [2.75, 3.05) is 23.0 Å². The van der Waals surface area contributed by atoms with E-state index in [1.165, 1.54) is 42.8 Å². The Balaban J connectivity index is 1.40. The van der Waals surface area contributed by atoms with E-state index in [1.807, 2.05) is 12.1 Å². The highest BCUT2D eigenvalue weighted by Crippen LogP contribution is 2.37. The minimum Gasteiger partial charge on any atom is -0.508 e. The van der Waals surface area contributed by atoms with E-state index in [0.717, 1.165) is 24.1 Å². The average Bonchev–Trinajstić information content (AvgIpc) is 3.44. The molecule has 1 fully saturated rings. The van der Waals surface area contributed by atoms with Gasteiger partial charge in [-0.2, -0.15) is 0 Å². The van der Waals surface area contributed by atoms with Gasteiger partial charge in [0.05, 0.1) is 16.0 Å². The second kappa shape index (κ2) is 13.7. The summed E-state index contributed by atoms with van der Waals surface area (Å²) in [5.41, 5.74) is 2.48. The molecule has 0 spiro atoms. The molecule has 1 saturated carbocycles. The Morgan fingerprint density at radius 1 is 0.957 bits per heavy atom. The van der Waals surface area contributed by atoms with E-state index in [9.17, 15) is 35.2 Å². The van der Waals surface area contributed by atoms with Crippen LogP contribution in [0.5, 0.6) is 11.5 Å². The van der Waals surface area contributed by atoms with Gasteiger partial charge in [-0.1, -0.05) is 27.2 Å². The van der Waals surface area contributed by atoms with Gasteiger partial charge >= 0.3 is 0 Å². The second-order valence-corrected chi connectivity index (χ2v) is 12.8. The van der Waals surface area contributed by atoms with Gasteiger partial charge in [-0.15, -0.1) is 0 Å². The van der Waals surface area contributed by atoms with Crippen molar-refractivity contribution in [3.8, 4) is 11.5 Å². The first-order chi connectivity index (χ1) is 21.9. The third-order valence-corrected chi connectivity index (χ3v) is 9.28. The number of nitro groups is 2. The van der Waals surface area contributed by atoms with Crippen molar-refractivity contribution in [3.05, 3.63) is 91.5 Å². The number of anilines is 2. The highest BCUT2D eigenvalue weighted by Gasteiger charge is 2.33. The minimum atomic E-state index is -0.553. The average molecular weight is 633 g/mol. The number of hydrogen-bond donors (Lipinski definition) is 2. The number of carbonyl (C=O) groups excluding carboxylic acids is 1. The maximum absolute atomic E-state index is 13.4. The molecule has 3 aromatic carbocycles. The molecule has 0 aromatic heterocycles. The Bertz CT molecular complexity index is 1560. The van der Waals surface area contributed by atoms with Crippen molar-refractivity contribution >= 4 is 28.7 Å². The topological polar surface area (TPSA) is 160 Å². The summed E-state index contributed by atoms with van der Waals surface area (Å²) in [6.07, 6.45) is 3.89. The van der Waals surface area contributed by atoms with E-state index in [4.69, 9.17) is 4.74 Å². The Morgan fingerprint density at radius 2 is 1.57 bits per heavy atom. The Morgan fingerprint density at radius 3 is 2.13 bits per heavy atom. The normalized spacial score (nSPS) is 19.2. The van der Waals surface area contributed by atoms with Crippen molar-refractivity contribution in [1.82, 2.24) is 0 Å². The largest absolute Gasteiger partial charge is 0.508 e. The highest BCUT2D eigenvalue weighted by molar-refractivity contribution is 5.96. The van der Waals surface area contributed by atoms with Gasteiger partial charge in [0.2, 0.25) is 0 Å². The zero-order valence-corrected chi connectivity index (χ0v) is 26.3. The number of nitrogens with zero attached hydrogens (tertiary/aromatic N) is 4. The summed E-state index contributed by atoms with van der Waals surface area (Å²) in [5.74, 6) is 1.07. The lowest BCUT2D eigenvalue weighted by molar-refractivity contribution is -0.385. The summed E-state index contributed by atoms with van der Waals surface area (Å²) in [7, 11) is 0. The van der Waals surface area contributed by atoms with Crippen LogP contribution in [0.1, 0.15) is 56.7 Å². The monoisotopic (exact) mass is 632 g/mol. The first kappa shape index (κ1) is 32.7. The molecule has 12 nitrogen and oxygen atoms in total. The molecule has 2 aliphatic rings. The number of carbonyl (C=O) groups is 1. The van der Waals surface area contributed by atoms with Gasteiger partial charge < -0.3 is 24.7 Å². The van der Waals surface area contributed by atoms with Crippen LogP contribution in [0.25, 0.3) is 0 Å². The Kier molecular flexibility index (Phi) is 9.76. The van der Waals surface area contributed by atoms with Crippen LogP contribution in [-0.4, -0.2) is 45.2 Å². The first-order valence-electron chi connectivity index (χ1n) is 15.6. The van der Waals surface area contributed by atoms with Gasteiger partial charge in [0.25, 0.3) is 17.3 Å². The molecule has 0 bridgehead atoms. The predicted molar refractivity (Wildman–Crippen MR) is 173 cm³/mol. The van der Waals surface area contributed by atoms with Crippen molar-refractivity contribution in [1.29, 1.82) is 0 Å². The molecule has 5 rings (SSSR count). The molecule has 1 amide bonds. The maximum atomic E-state index is 13.4. The van der Waals surface area contributed by atoms with Crippen LogP contribution >= 0.6 is 0 Å². The van der Waals surface area contributed by atoms with Gasteiger partial charge in [-0.3, -0.25) is 25.0 Å².